The quantitative estimate of drug-likeness (QED) is 0.443. The number of hydrazine groups is 1. The Morgan fingerprint density at radius 3 is 2.88 bits per heavy atom. The molecule has 4 heteroatoms. The summed E-state index contributed by atoms with van der Waals surface area (Å²) in [7, 11) is 0. The van der Waals surface area contributed by atoms with E-state index in [1.54, 1.807) is 6.07 Å². The lowest BCUT2D eigenvalue weighted by Gasteiger charge is -2.18. The minimum Gasteiger partial charge on any atom is -0.379 e. The molecule has 0 spiro atoms. The van der Waals surface area contributed by atoms with Crippen LogP contribution < -0.4 is 11.3 Å². The standard InChI is InChI=1S/C12H19FN2O/c1-3-6-16-8-12(15-14)11-7-10(13)5-4-9(11)2/h4-5,7,12,15H,3,6,8,14H2,1-2H3. The van der Waals surface area contributed by atoms with E-state index in [4.69, 9.17) is 10.6 Å². The van der Waals surface area contributed by atoms with E-state index in [9.17, 15) is 4.39 Å². The van der Waals surface area contributed by atoms with Gasteiger partial charge < -0.3 is 4.74 Å². The summed E-state index contributed by atoms with van der Waals surface area (Å²) in [5.41, 5.74) is 4.50. The van der Waals surface area contributed by atoms with Gasteiger partial charge in [-0.1, -0.05) is 13.0 Å². The number of ether oxygens (including phenoxy) is 1. The van der Waals surface area contributed by atoms with Gasteiger partial charge in [0, 0.05) is 6.61 Å². The van der Waals surface area contributed by atoms with E-state index in [1.807, 2.05) is 13.8 Å². The second kappa shape index (κ2) is 6.58. The zero-order valence-electron chi connectivity index (χ0n) is 9.79. The SMILES string of the molecule is CCCOCC(NN)c1cc(F)ccc1C. The van der Waals surface area contributed by atoms with Crippen LogP contribution in [0, 0.1) is 12.7 Å². The maximum atomic E-state index is 13.1. The molecule has 3 N–H and O–H groups in total. The Hall–Kier alpha value is -0.970. The van der Waals surface area contributed by atoms with Crippen molar-refractivity contribution in [2.24, 2.45) is 5.84 Å². The molecule has 0 fully saturated rings. The van der Waals surface area contributed by atoms with Gasteiger partial charge in [-0.3, -0.25) is 11.3 Å². The molecule has 1 aromatic carbocycles. The summed E-state index contributed by atoms with van der Waals surface area (Å²) in [4.78, 5) is 0. The van der Waals surface area contributed by atoms with Crippen molar-refractivity contribution in [3.05, 3.63) is 35.1 Å². The number of rotatable bonds is 6. The van der Waals surface area contributed by atoms with Crippen LogP contribution in [0.25, 0.3) is 0 Å². The molecule has 0 aliphatic rings. The van der Waals surface area contributed by atoms with E-state index >= 15 is 0 Å². The predicted octanol–water partition coefficient (Wildman–Crippen LogP) is 2.07. The van der Waals surface area contributed by atoms with Gasteiger partial charge in [0.1, 0.15) is 5.82 Å². The first-order chi connectivity index (χ1) is 7.69. The minimum atomic E-state index is -0.253. The van der Waals surface area contributed by atoms with E-state index < -0.39 is 0 Å². The van der Waals surface area contributed by atoms with Gasteiger partial charge in [-0.15, -0.1) is 0 Å². The van der Waals surface area contributed by atoms with Crippen LogP contribution in [0.5, 0.6) is 0 Å². The molecule has 0 aliphatic heterocycles. The molecule has 3 nitrogen and oxygen atoms in total. The van der Waals surface area contributed by atoms with Gasteiger partial charge in [0.2, 0.25) is 0 Å². The summed E-state index contributed by atoms with van der Waals surface area (Å²) < 4.78 is 18.5. The van der Waals surface area contributed by atoms with Gasteiger partial charge in [0.05, 0.1) is 12.6 Å². The summed E-state index contributed by atoms with van der Waals surface area (Å²) in [6.07, 6.45) is 0.958. The van der Waals surface area contributed by atoms with E-state index in [-0.39, 0.29) is 11.9 Å². The molecule has 0 heterocycles. The van der Waals surface area contributed by atoms with Gasteiger partial charge >= 0.3 is 0 Å². The van der Waals surface area contributed by atoms with Crippen LogP contribution in [-0.2, 0) is 4.74 Å². The molecule has 1 unspecified atom stereocenters. The first-order valence-corrected chi connectivity index (χ1v) is 5.49. The number of nitrogens with two attached hydrogens (primary N) is 1. The van der Waals surface area contributed by atoms with Crippen molar-refractivity contribution >= 4 is 0 Å². The number of aryl methyl sites for hydroxylation is 1. The van der Waals surface area contributed by atoms with Gasteiger partial charge in [-0.2, -0.15) is 0 Å². The van der Waals surface area contributed by atoms with E-state index in [0.717, 1.165) is 17.5 Å². The highest BCUT2D eigenvalue weighted by molar-refractivity contribution is 5.29. The third-order valence-corrected chi connectivity index (χ3v) is 2.45. The Balaban J connectivity index is 2.73. The molecule has 90 valence electrons. The topological polar surface area (TPSA) is 47.3 Å². The highest BCUT2D eigenvalue weighted by atomic mass is 19.1. The highest BCUT2D eigenvalue weighted by Gasteiger charge is 2.13. The fourth-order valence-electron chi connectivity index (χ4n) is 1.56. The van der Waals surface area contributed by atoms with Crippen LogP contribution in [0.1, 0.15) is 30.5 Å². The van der Waals surface area contributed by atoms with Crippen molar-refractivity contribution in [3.8, 4) is 0 Å². The molecule has 0 saturated heterocycles. The van der Waals surface area contributed by atoms with Crippen molar-refractivity contribution in [1.29, 1.82) is 0 Å². The normalized spacial score (nSPS) is 12.8. The summed E-state index contributed by atoms with van der Waals surface area (Å²) in [5, 5.41) is 0. The third-order valence-electron chi connectivity index (χ3n) is 2.45. The molecule has 1 rings (SSSR count). The van der Waals surface area contributed by atoms with Gasteiger partial charge in [-0.05, 0) is 36.6 Å². The lowest BCUT2D eigenvalue weighted by Crippen LogP contribution is -2.32. The van der Waals surface area contributed by atoms with E-state index in [2.05, 4.69) is 5.43 Å². The van der Waals surface area contributed by atoms with Crippen LogP contribution in [0.15, 0.2) is 18.2 Å². The molecule has 0 radical (unpaired) electrons. The zero-order valence-corrected chi connectivity index (χ0v) is 9.79. The number of hydrogen-bond acceptors (Lipinski definition) is 3. The maximum Gasteiger partial charge on any atom is 0.123 e. The van der Waals surface area contributed by atoms with Crippen molar-refractivity contribution in [3.63, 3.8) is 0 Å². The Labute approximate surface area is 95.8 Å². The van der Waals surface area contributed by atoms with Crippen LogP contribution in [0.3, 0.4) is 0 Å². The molecular weight excluding hydrogens is 207 g/mol. The van der Waals surface area contributed by atoms with Crippen molar-refractivity contribution < 1.29 is 9.13 Å². The molecule has 16 heavy (non-hydrogen) atoms. The second-order valence-electron chi connectivity index (χ2n) is 3.80. The number of halogens is 1. The molecule has 0 bridgehead atoms. The third kappa shape index (κ3) is 3.56. The molecule has 0 aliphatic carbocycles. The number of nitrogens with one attached hydrogen (secondary N) is 1. The summed E-state index contributed by atoms with van der Waals surface area (Å²) in [6.45, 7) is 5.11. The lowest BCUT2D eigenvalue weighted by atomic mass is 10.0. The molecule has 0 saturated carbocycles. The van der Waals surface area contributed by atoms with Crippen molar-refractivity contribution in [2.75, 3.05) is 13.2 Å². The molecular formula is C12H19FN2O. The Bertz CT molecular complexity index is 331. The summed E-state index contributed by atoms with van der Waals surface area (Å²) in [5.74, 6) is 5.20. The second-order valence-corrected chi connectivity index (χ2v) is 3.80. The maximum absolute atomic E-state index is 13.1. The fraction of sp³-hybridized carbons (Fsp3) is 0.500. The average Bonchev–Trinajstić information content (AvgIpc) is 2.28. The van der Waals surface area contributed by atoms with Crippen LogP contribution in [-0.4, -0.2) is 13.2 Å². The lowest BCUT2D eigenvalue weighted by molar-refractivity contribution is 0.112. The summed E-state index contributed by atoms with van der Waals surface area (Å²) >= 11 is 0. The fourth-order valence-corrected chi connectivity index (χ4v) is 1.56. The minimum absolute atomic E-state index is 0.165. The van der Waals surface area contributed by atoms with Crippen LogP contribution in [0.2, 0.25) is 0 Å². The van der Waals surface area contributed by atoms with Crippen LogP contribution in [0.4, 0.5) is 4.39 Å². The van der Waals surface area contributed by atoms with Crippen molar-refractivity contribution in [2.45, 2.75) is 26.3 Å². The molecule has 0 amide bonds. The van der Waals surface area contributed by atoms with Crippen molar-refractivity contribution in [1.82, 2.24) is 5.43 Å². The number of hydrogen-bond donors (Lipinski definition) is 2. The molecule has 1 aromatic rings. The highest BCUT2D eigenvalue weighted by Crippen LogP contribution is 2.18. The Kier molecular flexibility index (Phi) is 5.38. The van der Waals surface area contributed by atoms with E-state index in [1.165, 1.54) is 12.1 Å². The first kappa shape index (κ1) is 13.1. The Morgan fingerprint density at radius 2 is 2.25 bits per heavy atom. The number of benzene rings is 1. The first-order valence-electron chi connectivity index (χ1n) is 5.49. The zero-order chi connectivity index (χ0) is 12.0. The Morgan fingerprint density at radius 1 is 1.50 bits per heavy atom. The van der Waals surface area contributed by atoms with Gasteiger partial charge in [0.25, 0.3) is 0 Å². The predicted molar refractivity (Wildman–Crippen MR) is 62.3 cm³/mol. The van der Waals surface area contributed by atoms with E-state index in [0.29, 0.717) is 13.2 Å². The summed E-state index contributed by atoms with van der Waals surface area (Å²) in [6, 6.07) is 4.52. The van der Waals surface area contributed by atoms with Gasteiger partial charge in [-0.25, -0.2) is 4.39 Å². The van der Waals surface area contributed by atoms with Gasteiger partial charge in [0.15, 0.2) is 0 Å². The average molecular weight is 226 g/mol. The molecule has 0 aromatic heterocycles. The van der Waals surface area contributed by atoms with Crippen LogP contribution >= 0.6 is 0 Å². The molecule has 1 atom stereocenters. The smallest absolute Gasteiger partial charge is 0.123 e. The largest absolute Gasteiger partial charge is 0.379 e. The monoisotopic (exact) mass is 226 g/mol.